The molecule has 2 N–H and O–H groups in total. The standard InChI is InChI=1S/C31H38N6O4/c1-30(2,3)26-17-27(35-41-26)34-29(38)32-23-7-5-22(6-8-23)25-19-37-18-24(9-10-28(37)33-25)40-16-4-13-36-14-11-31(12-15-36)20-39-21-31/h5-10,17-19H,4,11-16,20-21H2,1-3H3,(H2,32,34,35,38). The van der Waals surface area contributed by atoms with Crippen molar-refractivity contribution < 1.29 is 18.8 Å². The number of urea groups is 1. The Balaban J connectivity index is 0.989. The van der Waals surface area contributed by atoms with E-state index in [4.69, 9.17) is 19.0 Å². The minimum absolute atomic E-state index is 0.186. The number of carbonyl (C=O) groups excluding carboxylic acids is 1. The van der Waals surface area contributed by atoms with E-state index in [0.29, 0.717) is 29.3 Å². The Bertz CT molecular complexity index is 1490. The second-order valence-electron chi connectivity index (χ2n) is 12.3. The van der Waals surface area contributed by atoms with Gasteiger partial charge in [0.05, 0.1) is 31.7 Å². The summed E-state index contributed by atoms with van der Waals surface area (Å²) in [5.74, 6) is 1.91. The monoisotopic (exact) mass is 558 g/mol. The molecule has 41 heavy (non-hydrogen) atoms. The minimum Gasteiger partial charge on any atom is -0.492 e. The second-order valence-corrected chi connectivity index (χ2v) is 12.3. The summed E-state index contributed by atoms with van der Waals surface area (Å²) in [4.78, 5) is 19.7. The van der Waals surface area contributed by atoms with Gasteiger partial charge in [-0.1, -0.05) is 38.1 Å². The fourth-order valence-electron chi connectivity index (χ4n) is 5.30. The Morgan fingerprint density at radius 3 is 2.51 bits per heavy atom. The van der Waals surface area contributed by atoms with Crippen LogP contribution in [0.1, 0.15) is 45.8 Å². The summed E-state index contributed by atoms with van der Waals surface area (Å²) < 4.78 is 18.8. The van der Waals surface area contributed by atoms with Crippen LogP contribution in [0.2, 0.25) is 0 Å². The van der Waals surface area contributed by atoms with Gasteiger partial charge in [-0.2, -0.15) is 0 Å². The van der Waals surface area contributed by atoms with Crippen LogP contribution in [0.5, 0.6) is 5.75 Å². The zero-order chi connectivity index (χ0) is 28.5. The summed E-state index contributed by atoms with van der Waals surface area (Å²) in [6.45, 7) is 12.1. The number of piperidine rings is 1. The maximum absolute atomic E-state index is 12.4. The number of pyridine rings is 1. The van der Waals surface area contributed by atoms with E-state index in [1.807, 2.05) is 74.0 Å². The maximum Gasteiger partial charge on any atom is 0.324 e. The van der Waals surface area contributed by atoms with Gasteiger partial charge in [0.25, 0.3) is 0 Å². The van der Waals surface area contributed by atoms with E-state index in [1.54, 1.807) is 6.07 Å². The second kappa shape index (κ2) is 11.2. The zero-order valence-corrected chi connectivity index (χ0v) is 24.0. The summed E-state index contributed by atoms with van der Waals surface area (Å²) in [5, 5.41) is 9.45. The molecule has 0 bridgehead atoms. The number of nitrogens with zero attached hydrogens (tertiary/aromatic N) is 4. The molecule has 6 rings (SSSR count). The number of ether oxygens (including phenoxy) is 2. The lowest BCUT2D eigenvalue weighted by Crippen LogP contribution is -2.51. The molecule has 1 spiro atoms. The lowest BCUT2D eigenvalue weighted by atomic mass is 9.77. The van der Waals surface area contributed by atoms with Crippen molar-refractivity contribution in [3.05, 3.63) is 60.6 Å². The van der Waals surface area contributed by atoms with Crippen LogP contribution in [0.25, 0.3) is 16.9 Å². The van der Waals surface area contributed by atoms with Crippen LogP contribution in [-0.2, 0) is 10.2 Å². The highest BCUT2D eigenvalue weighted by atomic mass is 16.5. The number of nitrogens with one attached hydrogen (secondary N) is 2. The molecule has 216 valence electrons. The van der Waals surface area contributed by atoms with E-state index in [1.165, 1.54) is 25.9 Å². The normalized spacial score (nSPS) is 17.0. The fraction of sp³-hybridized carbons (Fsp3) is 0.452. The quantitative estimate of drug-likeness (QED) is 0.263. The van der Waals surface area contributed by atoms with E-state index in [0.717, 1.165) is 48.8 Å². The van der Waals surface area contributed by atoms with Crippen LogP contribution in [0.15, 0.2) is 59.4 Å². The average Bonchev–Trinajstić information content (AvgIpc) is 3.58. The molecule has 2 saturated heterocycles. The van der Waals surface area contributed by atoms with Crippen molar-refractivity contribution in [2.75, 3.05) is 50.1 Å². The van der Waals surface area contributed by atoms with Crippen molar-refractivity contribution in [2.24, 2.45) is 5.41 Å². The van der Waals surface area contributed by atoms with Crippen LogP contribution < -0.4 is 15.4 Å². The molecular formula is C31H38N6O4. The van der Waals surface area contributed by atoms with Gasteiger partial charge in [-0.25, -0.2) is 9.78 Å². The van der Waals surface area contributed by atoms with Gasteiger partial charge in [0, 0.05) is 40.9 Å². The topological polar surface area (TPSA) is 106 Å². The first-order chi connectivity index (χ1) is 19.7. The van der Waals surface area contributed by atoms with E-state index < -0.39 is 0 Å². The lowest BCUT2D eigenvalue weighted by molar-refractivity contribution is -0.139. The molecule has 1 aromatic carbocycles. The molecule has 10 nitrogen and oxygen atoms in total. The number of fused-ring (bicyclic) bond motifs is 1. The Labute approximate surface area is 240 Å². The lowest BCUT2D eigenvalue weighted by Gasteiger charge is -2.47. The van der Waals surface area contributed by atoms with Gasteiger partial charge in [0.2, 0.25) is 0 Å². The SMILES string of the molecule is CC(C)(C)c1cc(NC(=O)Nc2ccc(-c3cn4cc(OCCCN5CCC6(CC5)COC6)ccc4n3)cc2)no1. The first-order valence-electron chi connectivity index (χ1n) is 14.3. The van der Waals surface area contributed by atoms with Crippen molar-refractivity contribution in [3.63, 3.8) is 0 Å². The Morgan fingerprint density at radius 1 is 1.05 bits per heavy atom. The highest BCUT2D eigenvalue weighted by Gasteiger charge is 2.40. The summed E-state index contributed by atoms with van der Waals surface area (Å²) in [6, 6.07) is 12.8. The predicted molar refractivity (Wildman–Crippen MR) is 158 cm³/mol. The number of aromatic nitrogens is 3. The van der Waals surface area contributed by atoms with Gasteiger partial charge in [0.15, 0.2) is 5.82 Å². The van der Waals surface area contributed by atoms with Gasteiger partial charge in [0.1, 0.15) is 17.2 Å². The van der Waals surface area contributed by atoms with Gasteiger partial charge in [-0.3, -0.25) is 5.32 Å². The molecule has 2 aliphatic rings. The Hall–Kier alpha value is -3.89. The number of benzene rings is 1. The van der Waals surface area contributed by atoms with E-state index in [9.17, 15) is 4.79 Å². The van der Waals surface area contributed by atoms with E-state index in [-0.39, 0.29) is 11.4 Å². The first-order valence-corrected chi connectivity index (χ1v) is 14.3. The molecule has 2 aliphatic heterocycles. The van der Waals surface area contributed by atoms with Crippen molar-refractivity contribution in [1.82, 2.24) is 19.4 Å². The molecule has 4 aromatic rings. The van der Waals surface area contributed by atoms with Crippen LogP contribution in [0.3, 0.4) is 0 Å². The molecular weight excluding hydrogens is 520 g/mol. The smallest absolute Gasteiger partial charge is 0.324 e. The molecule has 2 fully saturated rings. The van der Waals surface area contributed by atoms with Crippen molar-refractivity contribution in [3.8, 4) is 17.0 Å². The predicted octanol–water partition coefficient (Wildman–Crippen LogP) is 5.81. The van der Waals surface area contributed by atoms with Crippen LogP contribution >= 0.6 is 0 Å². The largest absolute Gasteiger partial charge is 0.492 e. The number of amides is 2. The molecule has 3 aromatic heterocycles. The third kappa shape index (κ3) is 6.39. The van der Waals surface area contributed by atoms with Gasteiger partial charge in [-0.15, -0.1) is 0 Å². The van der Waals surface area contributed by atoms with Crippen molar-refractivity contribution >= 4 is 23.2 Å². The third-order valence-electron chi connectivity index (χ3n) is 7.97. The van der Waals surface area contributed by atoms with Crippen LogP contribution in [0.4, 0.5) is 16.3 Å². The number of anilines is 2. The van der Waals surface area contributed by atoms with E-state index >= 15 is 0 Å². The van der Waals surface area contributed by atoms with Crippen molar-refractivity contribution in [1.29, 1.82) is 0 Å². The summed E-state index contributed by atoms with van der Waals surface area (Å²) in [6.07, 6.45) is 7.48. The first kappa shape index (κ1) is 27.3. The van der Waals surface area contributed by atoms with Crippen molar-refractivity contribution in [2.45, 2.75) is 45.4 Å². The number of likely N-dealkylation sites (tertiary alicyclic amines) is 1. The third-order valence-corrected chi connectivity index (χ3v) is 7.97. The number of imidazole rings is 1. The van der Waals surface area contributed by atoms with Crippen LogP contribution in [-0.4, -0.2) is 64.9 Å². The Kier molecular flexibility index (Phi) is 7.44. The molecule has 0 unspecified atom stereocenters. The van der Waals surface area contributed by atoms with Gasteiger partial charge >= 0.3 is 6.03 Å². The number of hydrogen-bond acceptors (Lipinski definition) is 7. The molecule has 0 aliphatic carbocycles. The molecule has 2 amide bonds. The summed E-state index contributed by atoms with van der Waals surface area (Å²) in [7, 11) is 0. The highest BCUT2D eigenvalue weighted by Crippen LogP contribution is 2.38. The highest BCUT2D eigenvalue weighted by molar-refractivity contribution is 5.99. The number of hydrogen-bond donors (Lipinski definition) is 2. The number of rotatable bonds is 8. The maximum atomic E-state index is 12.4. The molecule has 10 heteroatoms. The van der Waals surface area contributed by atoms with Crippen LogP contribution in [0, 0.1) is 5.41 Å². The molecule has 0 saturated carbocycles. The number of carbonyl (C=O) groups is 1. The molecule has 0 radical (unpaired) electrons. The fourth-order valence-corrected chi connectivity index (χ4v) is 5.30. The van der Waals surface area contributed by atoms with E-state index in [2.05, 4.69) is 20.7 Å². The molecule has 0 atom stereocenters. The zero-order valence-electron chi connectivity index (χ0n) is 24.0. The summed E-state index contributed by atoms with van der Waals surface area (Å²) >= 11 is 0. The summed E-state index contributed by atoms with van der Waals surface area (Å²) in [5.41, 5.74) is 3.59. The minimum atomic E-state index is -0.389. The van der Waals surface area contributed by atoms with Gasteiger partial charge in [-0.05, 0) is 56.6 Å². The molecule has 5 heterocycles. The van der Waals surface area contributed by atoms with Gasteiger partial charge < -0.3 is 28.6 Å². The Morgan fingerprint density at radius 2 is 1.83 bits per heavy atom. The average molecular weight is 559 g/mol.